The molecule has 0 bridgehead atoms. The first kappa shape index (κ1) is 15.4. The number of carboxylic acid groups (broad SMARTS) is 1. The lowest BCUT2D eigenvalue weighted by molar-refractivity contribution is -0.138. The number of benzene rings is 1. The Labute approximate surface area is 101 Å². The van der Waals surface area contributed by atoms with Crippen molar-refractivity contribution in [2.75, 3.05) is 0 Å². The molecule has 0 saturated carbocycles. The first-order valence-electron chi connectivity index (χ1n) is 5.27. The molecule has 1 aromatic rings. The van der Waals surface area contributed by atoms with Gasteiger partial charge in [0.2, 0.25) is 0 Å². The summed E-state index contributed by atoms with van der Waals surface area (Å²) in [5.74, 6) is -0.860. The van der Waals surface area contributed by atoms with E-state index in [-0.39, 0.29) is 18.3 Å². The monoisotopic (exact) mass is 241 g/mol. The molecule has 0 heterocycles. The number of aromatic hydroxyl groups is 1. The molecule has 0 spiro atoms. The van der Waals surface area contributed by atoms with Crippen LogP contribution in [0.4, 0.5) is 0 Å². The molecule has 0 amide bonds. The molecule has 17 heavy (non-hydrogen) atoms. The van der Waals surface area contributed by atoms with E-state index in [4.69, 9.17) is 21.1 Å². The van der Waals surface area contributed by atoms with Crippen LogP contribution in [0.2, 0.25) is 0 Å². The van der Waals surface area contributed by atoms with Crippen LogP contribution in [0, 0.1) is 0 Å². The Balaban J connectivity index is 0.000000557. The molecule has 0 unspecified atom stereocenters. The number of hydrogen-bond donors (Lipinski definition) is 4. The van der Waals surface area contributed by atoms with Crippen molar-refractivity contribution in [1.82, 2.24) is 0 Å². The highest BCUT2D eigenvalue weighted by Gasteiger charge is 2.11. The van der Waals surface area contributed by atoms with Gasteiger partial charge in [0.25, 0.3) is 0 Å². The lowest BCUT2D eigenvalue weighted by Gasteiger charge is -2.05. The summed E-state index contributed by atoms with van der Waals surface area (Å²) in [4.78, 5) is 10.4. The summed E-state index contributed by atoms with van der Waals surface area (Å²) >= 11 is 0. The number of phenols is 1. The molecule has 0 aliphatic carbocycles. The maximum Gasteiger partial charge on any atom is 0.320 e. The summed E-state index contributed by atoms with van der Waals surface area (Å²) in [6.45, 7) is 3.44. The Morgan fingerprint density at radius 3 is 2.06 bits per heavy atom. The topological polar surface area (TPSA) is 104 Å². The molecule has 5 heteroatoms. The number of aliphatic hydroxyl groups is 1. The van der Waals surface area contributed by atoms with Crippen molar-refractivity contribution >= 4 is 5.97 Å². The van der Waals surface area contributed by atoms with Gasteiger partial charge in [-0.2, -0.15) is 0 Å². The molecule has 0 aliphatic heterocycles. The standard InChI is InChI=1S/C9H11NO3.C3H8O/c10-8(9(12)13)5-6-1-3-7(11)4-2-6;1-3(2)4/h1-4,8,11H,5,10H2,(H,12,13);3-4H,1-2H3/t8-;/m0./s1. The van der Waals surface area contributed by atoms with Crippen molar-refractivity contribution in [3.63, 3.8) is 0 Å². The number of phenolic OH excluding ortho intramolecular Hbond substituents is 1. The number of carbonyl (C=O) groups is 1. The van der Waals surface area contributed by atoms with E-state index in [0.717, 1.165) is 5.56 Å². The molecule has 1 aromatic carbocycles. The predicted molar refractivity (Wildman–Crippen MR) is 64.8 cm³/mol. The zero-order chi connectivity index (χ0) is 13.4. The molecular formula is C12H19NO4. The van der Waals surface area contributed by atoms with E-state index in [1.165, 1.54) is 12.1 Å². The SMILES string of the molecule is CC(C)O.N[C@@H](Cc1ccc(O)cc1)C(=O)O. The number of hydrogen-bond acceptors (Lipinski definition) is 4. The maximum absolute atomic E-state index is 10.4. The number of carboxylic acids is 1. The van der Waals surface area contributed by atoms with E-state index in [0.29, 0.717) is 0 Å². The van der Waals surface area contributed by atoms with Crippen LogP contribution in [0.15, 0.2) is 24.3 Å². The number of nitrogens with two attached hydrogens (primary N) is 1. The molecule has 96 valence electrons. The minimum Gasteiger partial charge on any atom is -0.508 e. The van der Waals surface area contributed by atoms with E-state index in [1.54, 1.807) is 26.0 Å². The van der Waals surface area contributed by atoms with Crippen molar-refractivity contribution in [2.45, 2.75) is 32.4 Å². The van der Waals surface area contributed by atoms with E-state index < -0.39 is 12.0 Å². The third-order valence-corrected chi connectivity index (χ3v) is 1.71. The van der Waals surface area contributed by atoms with Gasteiger partial charge in [-0.15, -0.1) is 0 Å². The normalized spacial score (nSPS) is 11.6. The highest BCUT2D eigenvalue weighted by molar-refractivity contribution is 5.73. The Morgan fingerprint density at radius 2 is 1.71 bits per heavy atom. The second-order valence-corrected chi connectivity index (χ2v) is 3.91. The van der Waals surface area contributed by atoms with Gasteiger partial charge in [0.05, 0.1) is 0 Å². The molecule has 1 rings (SSSR count). The molecule has 5 nitrogen and oxygen atoms in total. The van der Waals surface area contributed by atoms with Gasteiger partial charge in [-0.1, -0.05) is 12.1 Å². The van der Waals surface area contributed by atoms with Crippen molar-refractivity contribution < 1.29 is 20.1 Å². The number of rotatable bonds is 3. The third-order valence-electron chi connectivity index (χ3n) is 1.71. The zero-order valence-electron chi connectivity index (χ0n) is 10.00. The highest BCUT2D eigenvalue weighted by atomic mass is 16.4. The lowest BCUT2D eigenvalue weighted by Crippen LogP contribution is -2.32. The predicted octanol–water partition coefficient (Wildman–Crippen LogP) is 0.734. The van der Waals surface area contributed by atoms with Gasteiger partial charge in [-0.25, -0.2) is 0 Å². The summed E-state index contributed by atoms with van der Waals surface area (Å²) in [6, 6.07) is 5.42. The Kier molecular flexibility index (Phi) is 6.93. The van der Waals surface area contributed by atoms with Crippen LogP contribution in [0.25, 0.3) is 0 Å². The molecule has 0 fully saturated rings. The molecule has 0 radical (unpaired) electrons. The third kappa shape index (κ3) is 8.24. The second-order valence-electron chi connectivity index (χ2n) is 3.91. The van der Waals surface area contributed by atoms with Crippen molar-refractivity contribution in [1.29, 1.82) is 0 Å². The summed E-state index contributed by atoms with van der Waals surface area (Å²) in [5, 5.41) is 25.5. The largest absolute Gasteiger partial charge is 0.508 e. The minimum atomic E-state index is -1.02. The van der Waals surface area contributed by atoms with E-state index in [2.05, 4.69) is 0 Å². The van der Waals surface area contributed by atoms with Crippen molar-refractivity contribution in [3.05, 3.63) is 29.8 Å². The number of aliphatic hydroxyl groups excluding tert-OH is 1. The van der Waals surface area contributed by atoms with E-state index in [1.807, 2.05) is 0 Å². The fourth-order valence-corrected chi connectivity index (χ4v) is 0.973. The smallest absolute Gasteiger partial charge is 0.320 e. The average molecular weight is 241 g/mol. The summed E-state index contributed by atoms with van der Waals surface area (Å²) in [5.41, 5.74) is 6.12. The van der Waals surface area contributed by atoms with Crippen LogP contribution in [0.5, 0.6) is 5.75 Å². The fourth-order valence-electron chi connectivity index (χ4n) is 0.973. The van der Waals surface area contributed by atoms with Gasteiger partial charge in [-0.3, -0.25) is 4.79 Å². The van der Waals surface area contributed by atoms with Gasteiger partial charge < -0.3 is 21.1 Å². The van der Waals surface area contributed by atoms with Crippen LogP contribution < -0.4 is 5.73 Å². The lowest BCUT2D eigenvalue weighted by atomic mass is 10.1. The molecule has 5 N–H and O–H groups in total. The van der Waals surface area contributed by atoms with Gasteiger partial charge in [-0.05, 0) is 38.0 Å². The van der Waals surface area contributed by atoms with Gasteiger partial charge >= 0.3 is 5.97 Å². The van der Waals surface area contributed by atoms with E-state index >= 15 is 0 Å². The molecule has 0 aromatic heterocycles. The van der Waals surface area contributed by atoms with Crippen LogP contribution in [0.1, 0.15) is 19.4 Å². The second kappa shape index (κ2) is 7.65. The quantitative estimate of drug-likeness (QED) is 0.624. The Bertz CT molecular complexity index is 332. The van der Waals surface area contributed by atoms with Crippen molar-refractivity contribution in [2.24, 2.45) is 5.73 Å². The average Bonchev–Trinajstić information content (AvgIpc) is 2.20. The summed E-state index contributed by atoms with van der Waals surface area (Å²) in [7, 11) is 0. The van der Waals surface area contributed by atoms with Gasteiger partial charge in [0, 0.05) is 6.10 Å². The van der Waals surface area contributed by atoms with Crippen LogP contribution in [0.3, 0.4) is 0 Å². The van der Waals surface area contributed by atoms with Gasteiger partial charge in [0.1, 0.15) is 11.8 Å². The zero-order valence-corrected chi connectivity index (χ0v) is 10.00. The van der Waals surface area contributed by atoms with Crippen molar-refractivity contribution in [3.8, 4) is 5.75 Å². The van der Waals surface area contributed by atoms with Crippen LogP contribution in [-0.4, -0.2) is 33.4 Å². The molecular weight excluding hydrogens is 222 g/mol. The Hall–Kier alpha value is -1.59. The minimum absolute atomic E-state index is 0.160. The fraction of sp³-hybridized carbons (Fsp3) is 0.417. The summed E-state index contributed by atoms with van der Waals surface area (Å²) < 4.78 is 0. The molecule has 0 aliphatic rings. The van der Waals surface area contributed by atoms with Crippen LogP contribution in [-0.2, 0) is 11.2 Å². The number of aliphatic carboxylic acids is 1. The maximum atomic E-state index is 10.4. The first-order chi connectivity index (χ1) is 7.82. The first-order valence-corrected chi connectivity index (χ1v) is 5.27. The molecule has 1 atom stereocenters. The highest BCUT2D eigenvalue weighted by Crippen LogP contribution is 2.10. The Morgan fingerprint density at radius 1 is 1.29 bits per heavy atom. The van der Waals surface area contributed by atoms with Gasteiger partial charge in [0.15, 0.2) is 0 Å². The molecule has 0 saturated heterocycles. The van der Waals surface area contributed by atoms with E-state index in [9.17, 15) is 4.79 Å². The van der Waals surface area contributed by atoms with Crippen LogP contribution >= 0.6 is 0 Å². The summed E-state index contributed by atoms with van der Waals surface area (Å²) in [6.07, 6.45) is 0.107.